The summed E-state index contributed by atoms with van der Waals surface area (Å²) in [5.41, 5.74) is 1.86. The molecule has 0 spiro atoms. The summed E-state index contributed by atoms with van der Waals surface area (Å²) in [5.74, 6) is 0. The smallest absolute Gasteiger partial charge is 0.0847 e. The van der Waals surface area contributed by atoms with Gasteiger partial charge in [-0.25, -0.2) is 5.06 Å². The first-order chi connectivity index (χ1) is 8.83. The van der Waals surface area contributed by atoms with Crippen LogP contribution >= 0.6 is 0 Å². The van der Waals surface area contributed by atoms with Crippen molar-refractivity contribution in [3.63, 3.8) is 0 Å². The fraction of sp³-hybridized carbons (Fsp3) is 0.125. The summed E-state index contributed by atoms with van der Waals surface area (Å²) in [5, 5.41) is 11.7. The quantitative estimate of drug-likeness (QED) is 0.624. The van der Waals surface area contributed by atoms with Crippen molar-refractivity contribution in [3.8, 4) is 0 Å². The molecule has 0 bridgehead atoms. The highest BCUT2D eigenvalue weighted by Gasteiger charge is 2.17. The SMILES string of the molecule is C=CCC(c1ccccc1)N(O)c1ccccc1. The summed E-state index contributed by atoms with van der Waals surface area (Å²) < 4.78 is 0. The Balaban J connectivity index is 2.28. The lowest BCUT2D eigenvalue weighted by Gasteiger charge is -2.27. The molecule has 0 fully saturated rings. The van der Waals surface area contributed by atoms with E-state index in [0.29, 0.717) is 6.42 Å². The molecule has 0 saturated carbocycles. The van der Waals surface area contributed by atoms with E-state index in [1.807, 2.05) is 66.7 Å². The number of nitrogens with zero attached hydrogens (tertiary/aromatic N) is 1. The Morgan fingerprint density at radius 1 is 1.00 bits per heavy atom. The Hall–Kier alpha value is -2.06. The van der Waals surface area contributed by atoms with Crippen LogP contribution in [0, 0.1) is 0 Å². The van der Waals surface area contributed by atoms with E-state index in [4.69, 9.17) is 0 Å². The van der Waals surface area contributed by atoms with Crippen LogP contribution in [0.2, 0.25) is 0 Å². The topological polar surface area (TPSA) is 23.5 Å². The van der Waals surface area contributed by atoms with Gasteiger partial charge in [0.25, 0.3) is 0 Å². The van der Waals surface area contributed by atoms with Crippen LogP contribution in [0.15, 0.2) is 73.3 Å². The number of hydroxylamine groups is 1. The first-order valence-electron chi connectivity index (χ1n) is 6.02. The van der Waals surface area contributed by atoms with Crippen LogP contribution in [0.25, 0.3) is 0 Å². The van der Waals surface area contributed by atoms with Crippen LogP contribution in [0.4, 0.5) is 5.69 Å². The normalized spacial score (nSPS) is 11.8. The molecule has 2 aromatic rings. The van der Waals surface area contributed by atoms with Gasteiger partial charge in [-0.3, -0.25) is 5.21 Å². The van der Waals surface area contributed by atoms with Gasteiger partial charge in [-0.05, 0) is 24.1 Å². The summed E-state index contributed by atoms with van der Waals surface area (Å²) in [6.07, 6.45) is 2.51. The van der Waals surface area contributed by atoms with Crippen molar-refractivity contribution in [1.82, 2.24) is 0 Å². The second-order valence-corrected chi connectivity index (χ2v) is 4.13. The molecule has 0 aliphatic rings. The fourth-order valence-corrected chi connectivity index (χ4v) is 1.97. The van der Waals surface area contributed by atoms with E-state index in [9.17, 15) is 5.21 Å². The lowest BCUT2D eigenvalue weighted by Crippen LogP contribution is -2.24. The summed E-state index contributed by atoms with van der Waals surface area (Å²) in [7, 11) is 0. The maximum absolute atomic E-state index is 10.4. The molecule has 1 atom stereocenters. The summed E-state index contributed by atoms with van der Waals surface area (Å²) in [4.78, 5) is 0. The van der Waals surface area contributed by atoms with Gasteiger partial charge in [-0.1, -0.05) is 54.6 Å². The molecule has 0 amide bonds. The van der Waals surface area contributed by atoms with Gasteiger partial charge < -0.3 is 0 Å². The first-order valence-corrected chi connectivity index (χ1v) is 6.02. The Labute approximate surface area is 108 Å². The summed E-state index contributed by atoms with van der Waals surface area (Å²) in [6.45, 7) is 3.76. The molecule has 92 valence electrons. The van der Waals surface area contributed by atoms with Crippen LogP contribution in [0.5, 0.6) is 0 Å². The van der Waals surface area contributed by atoms with Gasteiger partial charge in [0.1, 0.15) is 0 Å². The monoisotopic (exact) mass is 239 g/mol. The maximum atomic E-state index is 10.4. The molecule has 2 aromatic carbocycles. The van der Waals surface area contributed by atoms with E-state index in [1.54, 1.807) is 0 Å². The fourth-order valence-electron chi connectivity index (χ4n) is 1.97. The summed E-state index contributed by atoms with van der Waals surface area (Å²) >= 11 is 0. The average Bonchev–Trinajstić information content (AvgIpc) is 2.46. The number of hydrogen-bond acceptors (Lipinski definition) is 2. The zero-order chi connectivity index (χ0) is 12.8. The van der Waals surface area contributed by atoms with E-state index in [-0.39, 0.29) is 6.04 Å². The standard InChI is InChI=1S/C16H17NO/c1-2-9-16(14-10-5-3-6-11-14)17(18)15-12-7-4-8-13-15/h2-8,10-13,16,18H,1,9H2. The molecule has 0 radical (unpaired) electrons. The first kappa shape index (κ1) is 12.4. The van der Waals surface area contributed by atoms with Gasteiger partial charge in [-0.15, -0.1) is 6.58 Å². The highest BCUT2D eigenvalue weighted by atomic mass is 16.5. The van der Waals surface area contributed by atoms with Crippen molar-refractivity contribution in [2.45, 2.75) is 12.5 Å². The van der Waals surface area contributed by atoms with Crippen molar-refractivity contribution in [2.75, 3.05) is 5.06 Å². The molecule has 0 aliphatic heterocycles. The highest BCUT2D eigenvalue weighted by Crippen LogP contribution is 2.27. The number of benzene rings is 2. The second-order valence-electron chi connectivity index (χ2n) is 4.13. The van der Waals surface area contributed by atoms with Crippen LogP contribution in [0.3, 0.4) is 0 Å². The minimum absolute atomic E-state index is 0.105. The molecule has 1 N–H and O–H groups in total. The van der Waals surface area contributed by atoms with Crippen molar-refractivity contribution in [3.05, 3.63) is 78.9 Å². The predicted molar refractivity (Wildman–Crippen MR) is 74.7 cm³/mol. The Morgan fingerprint density at radius 2 is 1.56 bits per heavy atom. The Morgan fingerprint density at radius 3 is 2.11 bits per heavy atom. The minimum atomic E-state index is -0.105. The molecule has 0 aliphatic carbocycles. The molecule has 2 heteroatoms. The van der Waals surface area contributed by atoms with Crippen molar-refractivity contribution in [2.24, 2.45) is 0 Å². The van der Waals surface area contributed by atoms with Gasteiger partial charge in [0, 0.05) is 0 Å². The molecule has 1 unspecified atom stereocenters. The summed E-state index contributed by atoms with van der Waals surface area (Å²) in [6, 6.07) is 19.4. The maximum Gasteiger partial charge on any atom is 0.0847 e. The molecule has 0 heterocycles. The Kier molecular flexibility index (Phi) is 4.15. The van der Waals surface area contributed by atoms with Crippen LogP contribution in [-0.4, -0.2) is 5.21 Å². The molecule has 2 rings (SSSR count). The number of para-hydroxylation sites is 1. The van der Waals surface area contributed by atoms with E-state index in [2.05, 4.69) is 6.58 Å². The van der Waals surface area contributed by atoms with Crippen LogP contribution < -0.4 is 5.06 Å². The number of rotatable bonds is 5. The van der Waals surface area contributed by atoms with E-state index >= 15 is 0 Å². The van der Waals surface area contributed by atoms with Gasteiger partial charge in [0.2, 0.25) is 0 Å². The molecule has 2 nitrogen and oxygen atoms in total. The Bertz CT molecular complexity index is 481. The highest BCUT2D eigenvalue weighted by molar-refractivity contribution is 5.45. The average molecular weight is 239 g/mol. The minimum Gasteiger partial charge on any atom is -0.288 e. The van der Waals surface area contributed by atoms with Gasteiger partial charge in [-0.2, -0.15) is 0 Å². The molecular formula is C16H17NO. The third-order valence-corrected chi connectivity index (χ3v) is 2.89. The third kappa shape index (κ3) is 2.79. The number of anilines is 1. The van der Waals surface area contributed by atoms with Gasteiger partial charge in [0.15, 0.2) is 0 Å². The third-order valence-electron chi connectivity index (χ3n) is 2.89. The zero-order valence-corrected chi connectivity index (χ0v) is 10.2. The molecule has 0 saturated heterocycles. The van der Waals surface area contributed by atoms with Crippen LogP contribution in [0.1, 0.15) is 18.0 Å². The number of hydrogen-bond donors (Lipinski definition) is 1. The van der Waals surface area contributed by atoms with Crippen LogP contribution in [-0.2, 0) is 0 Å². The molecular weight excluding hydrogens is 222 g/mol. The molecule has 18 heavy (non-hydrogen) atoms. The van der Waals surface area contributed by atoms with E-state index in [0.717, 1.165) is 11.3 Å². The largest absolute Gasteiger partial charge is 0.288 e. The predicted octanol–water partition coefficient (Wildman–Crippen LogP) is 4.20. The van der Waals surface area contributed by atoms with Crippen molar-refractivity contribution in [1.29, 1.82) is 0 Å². The van der Waals surface area contributed by atoms with Crippen molar-refractivity contribution >= 4 is 5.69 Å². The van der Waals surface area contributed by atoms with Gasteiger partial charge in [0.05, 0.1) is 11.7 Å². The second kappa shape index (κ2) is 6.03. The molecule has 0 aromatic heterocycles. The lowest BCUT2D eigenvalue weighted by molar-refractivity contribution is 0.216. The van der Waals surface area contributed by atoms with Crippen molar-refractivity contribution < 1.29 is 5.21 Å². The van der Waals surface area contributed by atoms with E-state index in [1.165, 1.54) is 5.06 Å². The zero-order valence-electron chi connectivity index (χ0n) is 10.2. The lowest BCUT2D eigenvalue weighted by atomic mass is 10.0. The van der Waals surface area contributed by atoms with E-state index < -0.39 is 0 Å². The van der Waals surface area contributed by atoms with Gasteiger partial charge >= 0.3 is 0 Å².